The lowest BCUT2D eigenvalue weighted by atomic mass is 10.1. The molecule has 0 fully saturated rings. The Morgan fingerprint density at radius 2 is 1.82 bits per heavy atom. The third-order valence-electron chi connectivity index (χ3n) is 5.59. The summed E-state index contributed by atoms with van der Waals surface area (Å²) in [7, 11) is 0. The van der Waals surface area contributed by atoms with Crippen LogP contribution in [0.4, 0.5) is 5.69 Å². The number of thiazole rings is 1. The summed E-state index contributed by atoms with van der Waals surface area (Å²) >= 11 is 1.52. The van der Waals surface area contributed by atoms with Crippen molar-refractivity contribution in [2.24, 2.45) is 0 Å². The Balaban J connectivity index is 1.59. The summed E-state index contributed by atoms with van der Waals surface area (Å²) in [6.45, 7) is 4.59. The van der Waals surface area contributed by atoms with Crippen LogP contribution in [0.5, 0.6) is 5.75 Å². The van der Waals surface area contributed by atoms with Gasteiger partial charge in [-0.05, 0) is 50.2 Å². The zero-order chi connectivity index (χ0) is 22.9. The van der Waals surface area contributed by atoms with Gasteiger partial charge in [-0.3, -0.25) is 4.79 Å². The Bertz CT molecular complexity index is 1450. The normalized spacial score (nSPS) is 11.1. The van der Waals surface area contributed by atoms with Crippen molar-refractivity contribution < 1.29 is 9.53 Å². The van der Waals surface area contributed by atoms with Crippen LogP contribution >= 0.6 is 11.3 Å². The first kappa shape index (κ1) is 21.0. The quantitative estimate of drug-likeness (QED) is 0.309. The number of carbonyl (C=O) groups excluding carboxylic acids is 1. The zero-order valence-corrected chi connectivity index (χ0v) is 19.2. The van der Waals surface area contributed by atoms with E-state index in [1.54, 1.807) is 0 Å². The Labute approximate surface area is 196 Å². The second kappa shape index (κ2) is 8.56. The van der Waals surface area contributed by atoms with Crippen LogP contribution < -0.4 is 10.5 Å². The van der Waals surface area contributed by atoms with Crippen molar-refractivity contribution in [3.63, 3.8) is 0 Å². The molecule has 0 bridgehead atoms. The summed E-state index contributed by atoms with van der Waals surface area (Å²) in [6, 6.07) is 21.2. The van der Waals surface area contributed by atoms with Gasteiger partial charge in [-0.25, -0.2) is 4.98 Å². The SMILES string of the molecule is CCOc1ccc(-c2csc(-c3c(N)c(C(=O)c4ccc(C)cc4)n4ccccc34)n2)cc1. The summed E-state index contributed by atoms with van der Waals surface area (Å²) in [5, 5.41) is 2.79. The first-order valence-electron chi connectivity index (χ1n) is 10.8. The molecule has 164 valence electrons. The number of hydrogen-bond donors (Lipinski definition) is 1. The lowest BCUT2D eigenvalue weighted by Gasteiger charge is -2.04. The van der Waals surface area contributed by atoms with Crippen molar-refractivity contribution in [3.05, 3.63) is 95.1 Å². The summed E-state index contributed by atoms with van der Waals surface area (Å²) in [5.74, 6) is 0.724. The standard InChI is InChI=1S/C27H23N3O2S/c1-3-32-20-13-11-18(12-14-20)21-16-33-27(29-21)23-22-6-4-5-15-30(22)25(24(23)28)26(31)19-9-7-17(2)8-10-19/h4-16H,3,28H2,1-2H3. The number of hydrogen-bond acceptors (Lipinski definition) is 5. The molecule has 0 aliphatic carbocycles. The highest BCUT2D eigenvalue weighted by molar-refractivity contribution is 7.13. The summed E-state index contributed by atoms with van der Waals surface area (Å²) < 4.78 is 7.40. The van der Waals surface area contributed by atoms with Crippen LogP contribution in [-0.2, 0) is 0 Å². The van der Waals surface area contributed by atoms with E-state index in [4.69, 9.17) is 15.5 Å². The fourth-order valence-electron chi connectivity index (χ4n) is 3.94. The van der Waals surface area contributed by atoms with Crippen molar-refractivity contribution in [1.82, 2.24) is 9.38 Å². The van der Waals surface area contributed by atoms with Gasteiger partial charge in [0.1, 0.15) is 16.5 Å². The van der Waals surface area contributed by atoms with Crippen molar-refractivity contribution in [2.75, 3.05) is 12.3 Å². The number of ketones is 1. The van der Waals surface area contributed by atoms with Gasteiger partial charge in [0.15, 0.2) is 0 Å². The first-order chi connectivity index (χ1) is 16.1. The monoisotopic (exact) mass is 453 g/mol. The van der Waals surface area contributed by atoms with Crippen LogP contribution in [0.3, 0.4) is 0 Å². The van der Waals surface area contributed by atoms with Crippen LogP contribution in [-0.4, -0.2) is 21.8 Å². The summed E-state index contributed by atoms with van der Waals surface area (Å²) in [4.78, 5) is 18.3. The number of rotatable bonds is 6. The number of carbonyl (C=O) groups is 1. The molecule has 0 amide bonds. The van der Waals surface area contributed by atoms with E-state index in [0.29, 0.717) is 23.6 Å². The Hall–Kier alpha value is -3.90. The number of nitrogens with two attached hydrogens (primary N) is 1. The minimum absolute atomic E-state index is 0.108. The average Bonchev–Trinajstić information content (AvgIpc) is 3.42. The molecular formula is C27H23N3O2S. The van der Waals surface area contributed by atoms with Gasteiger partial charge in [0.2, 0.25) is 5.78 Å². The van der Waals surface area contributed by atoms with E-state index in [9.17, 15) is 4.79 Å². The van der Waals surface area contributed by atoms with Gasteiger partial charge < -0.3 is 14.9 Å². The Morgan fingerprint density at radius 1 is 1.06 bits per heavy atom. The maximum absolute atomic E-state index is 13.4. The molecule has 0 spiro atoms. The van der Waals surface area contributed by atoms with E-state index in [1.165, 1.54) is 11.3 Å². The van der Waals surface area contributed by atoms with Crippen molar-refractivity contribution >= 4 is 28.3 Å². The topological polar surface area (TPSA) is 69.6 Å². The number of nitrogen functional groups attached to an aromatic ring is 1. The van der Waals surface area contributed by atoms with Crippen LogP contribution in [0.15, 0.2) is 78.3 Å². The number of anilines is 1. The number of benzene rings is 2. The van der Waals surface area contributed by atoms with E-state index < -0.39 is 0 Å². The van der Waals surface area contributed by atoms with E-state index in [1.807, 2.05) is 96.6 Å². The lowest BCUT2D eigenvalue weighted by molar-refractivity contribution is 0.103. The van der Waals surface area contributed by atoms with Crippen LogP contribution in [0.1, 0.15) is 28.5 Å². The molecule has 3 aromatic heterocycles. The molecule has 0 aliphatic rings. The minimum atomic E-state index is -0.108. The lowest BCUT2D eigenvalue weighted by Crippen LogP contribution is -2.08. The molecule has 3 heterocycles. The van der Waals surface area contributed by atoms with Crippen LogP contribution in [0, 0.1) is 6.92 Å². The van der Waals surface area contributed by atoms with Gasteiger partial charge >= 0.3 is 0 Å². The number of aryl methyl sites for hydroxylation is 1. The highest BCUT2D eigenvalue weighted by atomic mass is 32.1. The predicted molar refractivity (Wildman–Crippen MR) is 134 cm³/mol. The molecule has 5 rings (SSSR count). The molecule has 5 aromatic rings. The molecule has 0 atom stereocenters. The smallest absolute Gasteiger partial charge is 0.211 e. The summed E-state index contributed by atoms with van der Waals surface area (Å²) in [6.07, 6.45) is 1.87. The molecule has 0 saturated carbocycles. The van der Waals surface area contributed by atoms with Crippen molar-refractivity contribution in [2.45, 2.75) is 13.8 Å². The van der Waals surface area contributed by atoms with Crippen LogP contribution in [0.25, 0.3) is 27.3 Å². The van der Waals surface area contributed by atoms with E-state index >= 15 is 0 Å². The summed E-state index contributed by atoms with van der Waals surface area (Å²) in [5.41, 5.74) is 12.7. The van der Waals surface area contributed by atoms with Gasteiger partial charge in [-0.15, -0.1) is 11.3 Å². The Morgan fingerprint density at radius 3 is 2.55 bits per heavy atom. The maximum atomic E-state index is 13.4. The molecule has 0 unspecified atom stereocenters. The van der Waals surface area contributed by atoms with E-state index in [-0.39, 0.29) is 5.78 Å². The first-order valence-corrected chi connectivity index (χ1v) is 11.6. The predicted octanol–water partition coefficient (Wildman–Crippen LogP) is 6.25. The fourth-order valence-corrected chi connectivity index (χ4v) is 4.83. The van der Waals surface area contributed by atoms with E-state index in [0.717, 1.165) is 38.7 Å². The number of nitrogens with zero attached hydrogens (tertiary/aromatic N) is 2. The molecule has 0 aliphatic heterocycles. The molecule has 0 saturated heterocycles. The van der Waals surface area contributed by atoms with Crippen LogP contribution in [0.2, 0.25) is 0 Å². The van der Waals surface area contributed by atoms with Gasteiger partial charge in [0, 0.05) is 22.7 Å². The Kier molecular flexibility index (Phi) is 5.44. The van der Waals surface area contributed by atoms with Gasteiger partial charge in [-0.2, -0.15) is 0 Å². The number of aromatic nitrogens is 2. The molecular weight excluding hydrogens is 430 g/mol. The maximum Gasteiger partial charge on any atom is 0.211 e. The second-order valence-corrected chi connectivity index (χ2v) is 8.64. The van der Waals surface area contributed by atoms with Gasteiger partial charge in [0.25, 0.3) is 0 Å². The largest absolute Gasteiger partial charge is 0.494 e. The third kappa shape index (κ3) is 3.79. The molecule has 2 aromatic carbocycles. The highest BCUT2D eigenvalue weighted by Crippen LogP contribution is 2.39. The number of fused-ring (bicyclic) bond motifs is 1. The van der Waals surface area contributed by atoms with Gasteiger partial charge in [-0.1, -0.05) is 35.9 Å². The van der Waals surface area contributed by atoms with Crippen molar-refractivity contribution in [1.29, 1.82) is 0 Å². The molecule has 33 heavy (non-hydrogen) atoms. The van der Waals surface area contributed by atoms with Gasteiger partial charge in [0.05, 0.1) is 29.1 Å². The average molecular weight is 454 g/mol. The number of ether oxygens (including phenoxy) is 1. The fraction of sp³-hybridized carbons (Fsp3) is 0.111. The zero-order valence-electron chi connectivity index (χ0n) is 18.4. The molecule has 2 N–H and O–H groups in total. The second-order valence-electron chi connectivity index (χ2n) is 7.78. The third-order valence-corrected chi connectivity index (χ3v) is 6.45. The van der Waals surface area contributed by atoms with E-state index in [2.05, 4.69) is 0 Å². The molecule has 6 heteroatoms. The van der Waals surface area contributed by atoms with Crippen molar-refractivity contribution in [3.8, 4) is 27.6 Å². The molecule has 0 radical (unpaired) electrons. The number of pyridine rings is 1. The minimum Gasteiger partial charge on any atom is -0.494 e. The highest BCUT2D eigenvalue weighted by Gasteiger charge is 2.25. The molecule has 5 nitrogen and oxygen atoms in total.